The van der Waals surface area contributed by atoms with Gasteiger partial charge in [-0.1, -0.05) is 0 Å². The second kappa shape index (κ2) is 5.13. The maximum Gasteiger partial charge on any atom is 0.229 e. The van der Waals surface area contributed by atoms with E-state index >= 15 is 0 Å². The predicted octanol–water partition coefficient (Wildman–Crippen LogP) is 2.12. The van der Waals surface area contributed by atoms with E-state index in [1.807, 2.05) is 30.4 Å². The molecule has 2 heteroatoms. The van der Waals surface area contributed by atoms with Crippen molar-refractivity contribution >= 4 is 12.4 Å². The van der Waals surface area contributed by atoms with Crippen molar-refractivity contribution in [3.63, 3.8) is 0 Å². The molecule has 0 aliphatic carbocycles. The summed E-state index contributed by atoms with van der Waals surface area (Å²) >= 11 is 0. The molecule has 12 heavy (non-hydrogen) atoms. The van der Waals surface area contributed by atoms with E-state index in [2.05, 4.69) is 10.7 Å². The Morgan fingerprint density at radius 3 is 3.08 bits per heavy atom. The minimum atomic E-state index is 0.831. The fourth-order valence-corrected chi connectivity index (χ4v) is 0.699. The highest BCUT2D eigenvalue weighted by Gasteiger charge is 1.81. The van der Waals surface area contributed by atoms with Gasteiger partial charge in [0, 0.05) is 0 Å². The quantitative estimate of drug-likeness (QED) is 0.289. The van der Waals surface area contributed by atoms with Crippen LogP contribution in [-0.2, 0) is 4.42 Å². The van der Waals surface area contributed by atoms with Gasteiger partial charge in [0.05, 0.1) is 6.26 Å². The zero-order chi connectivity index (χ0) is 8.65. The molecule has 1 rings (SSSR count). The maximum atomic E-state index is 5.07. The van der Waals surface area contributed by atoms with Crippen molar-refractivity contribution < 1.29 is 8.84 Å². The van der Waals surface area contributed by atoms with Crippen LogP contribution in [-0.4, -0.2) is 13.4 Å². The van der Waals surface area contributed by atoms with Crippen molar-refractivity contribution in [1.29, 1.82) is 0 Å². The topological polar surface area (TPSA) is 24.4 Å². The fraction of sp³-hybridized carbons (Fsp3) is 0.100. The van der Waals surface area contributed by atoms with Crippen molar-refractivity contribution in [2.45, 2.75) is 0 Å². The molecule has 1 aromatic heterocycles. The predicted molar refractivity (Wildman–Crippen MR) is 48.5 cm³/mol. The molecule has 0 saturated heterocycles. The highest BCUT2D eigenvalue weighted by Crippen LogP contribution is 2.01. The van der Waals surface area contributed by atoms with Crippen LogP contribution in [0.5, 0.6) is 0 Å². The van der Waals surface area contributed by atoms with Crippen molar-refractivity contribution in [3.8, 4) is 0 Å². The molecule has 0 aromatic carbocycles. The molecule has 0 unspecified atom stereocenters. The molecule has 0 radical (unpaired) electrons. The number of carbonyl (C=O) groups excluding carboxylic acids is 1. The van der Waals surface area contributed by atoms with Gasteiger partial charge in [0.25, 0.3) is 0 Å². The van der Waals surface area contributed by atoms with E-state index in [-0.39, 0.29) is 0 Å². The summed E-state index contributed by atoms with van der Waals surface area (Å²) < 4.78 is 9.65. The first kappa shape index (κ1) is 8.53. The Bertz CT molecular complexity index is 279. The van der Waals surface area contributed by atoms with Crippen molar-refractivity contribution in [3.05, 3.63) is 42.4 Å². The smallest absolute Gasteiger partial charge is 0.229 e. The lowest BCUT2D eigenvalue weighted by Crippen LogP contribution is -1.65. The van der Waals surface area contributed by atoms with E-state index in [9.17, 15) is 0 Å². The van der Waals surface area contributed by atoms with Gasteiger partial charge in [0.15, 0.2) is 0 Å². The lowest BCUT2D eigenvalue weighted by atomic mass is 10.4. The van der Waals surface area contributed by atoms with Crippen LogP contribution in [0.1, 0.15) is 5.76 Å². The molecule has 1 heterocycles. The minimum absolute atomic E-state index is 0.831. The largest absolute Gasteiger partial charge is 0.465 e. The molecule has 0 saturated carbocycles. The second-order valence-corrected chi connectivity index (χ2v) is 2.06. The fourth-order valence-electron chi connectivity index (χ4n) is 0.699. The van der Waals surface area contributed by atoms with Crippen LogP contribution in [0.25, 0.3) is 6.08 Å². The minimum Gasteiger partial charge on any atom is -0.465 e. The third-order valence-corrected chi connectivity index (χ3v) is 1.20. The molecule has 1 aromatic rings. The van der Waals surface area contributed by atoms with Gasteiger partial charge >= 0.3 is 0 Å². The average molecular weight is 162 g/mol. The van der Waals surface area contributed by atoms with E-state index in [0.29, 0.717) is 0 Å². The van der Waals surface area contributed by atoms with Gasteiger partial charge in [-0.05, 0) is 18.2 Å². The summed E-state index contributed by atoms with van der Waals surface area (Å²) in [6.07, 6.45) is 11.4. The molecule has 0 bridgehead atoms. The van der Waals surface area contributed by atoms with Crippen LogP contribution in [0.4, 0.5) is 0 Å². The molecule has 0 fully saturated rings. The molecular formula is C10H10O2. The van der Waals surface area contributed by atoms with Crippen molar-refractivity contribution in [2.75, 3.05) is 7.11 Å². The van der Waals surface area contributed by atoms with E-state index < -0.39 is 0 Å². The molecule has 62 valence electrons. The summed E-state index contributed by atoms with van der Waals surface area (Å²) in [5.41, 5.74) is 0. The normalized spacial score (nSPS) is 12.4. The van der Waals surface area contributed by atoms with E-state index in [1.165, 1.54) is 0 Å². The molecule has 0 aliphatic heterocycles. The van der Waals surface area contributed by atoms with Crippen LogP contribution in [0, 0.1) is 0 Å². The number of rotatable bonds is 3. The van der Waals surface area contributed by atoms with Crippen molar-refractivity contribution in [1.82, 2.24) is 0 Å². The molecule has 0 amide bonds. The molecule has 0 spiro atoms. The molecule has 0 atom stereocenters. The zero-order valence-electron chi connectivity index (χ0n) is 6.86. The molecule has 2 nitrogen and oxygen atoms in total. The number of furan rings is 1. The van der Waals surface area contributed by atoms with E-state index in [1.54, 1.807) is 19.4 Å². The molecule has 0 N–H and O–H groups in total. The molecule has 0 aliphatic rings. The summed E-state index contributed by atoms with van der Waals surface area (Å²) in [6.45, 7) is 0. The van der Waals surface area contributed by atoms with Gasteiger partial charge in [0.1, 0.15) is 5.76 Å². The van der Waals surface area contributed by atoms with Gasteiger partial charge in [0.2, 0.25) is 13.4 Å². The number of hydrogen-bond acceptors (Lipinski definition) is 1. The van der Waals surface area contributed by atoms with Crippen LogP contribution in [0.15, 0.2) is 41.0 Å². The lowest BCUT2D eigenvalue weighted by molar-refractivity contribution is 0.186. The first-order valence-corrected chi connectivity index (χ1v) is 3.58. The Balaban J connectivity index is 2.41. The Morgan fingerprint density at radius 1 is 1.50 bits per heavy atom. The Labute approximate surface area is 71.5 Å². The van der Waals surface area contributed by atoms with Crippen LogP contribution in [0.2, 0.25) is 0 Å². The Kier molecular flexibility index (Phi) is 3.64. The summed E-state index contributed by atoms with van der Waals surface area (Å²) in [4.78, 5) is 0. The third-order valence-electron chi connectivity index (χ3n) is 1.20. The average Bonchev–Trinajstić information content (AvgIpc) is 2.57. The second-order valence-electron chi connectivity index (χ2n) is 2.06. The van der Waals surface area contributed by atoms with Crippen LogP contribution >= 0.6 is 0 Å². The van der Waals surface area contributed by atoms with E-state index in [0.717, 1.165) is 5.76 Å². The monoisotopic (exact) mass is 162 g/mol. The SMILES string of the molecule is C[O+]=[C-]/C=C/C=C/c1ccco1. The first-order valence-electron chi connectivity index (χ1n) is 3.58. The lowest BCUT2D eigenvalue weighted by Gasteiger charge is -1.81. The zero-order valence-corrected chi connectivity index (χ0v) is 6.86. The highest BCUT2D eigenvalue weighted by molar-refractivity contribution is 5.67. The van der Waals surface area contributed by atoms with Gasteiger partial charge in [-0.3, -0.25) is 0 Å². The van der Waals surface area contributed by atoms with Gasteiger partial charge < -0.3 is 8.84 Å². The van der Waals surface area contributed by atoms with Gasteiger partial charge in [-0.15, -0.1) is 12.2 Å². The van der Waals surface area contributed by atoms with Crippen LogP contribution in [0.3, 0.4) is 0 Å². The molecular weight excluding hydrogens is 152 g/mol. The Morgan fingerprint density at radius 2 is 2.42 bits per heavy atom. The number of hydrogen-bond donors (Lipinski definition) is 0. The third kappa shape index (κ3) is 3.01. The number of allylic oxidation sites excluding steroid dienone is 3. The highest BCUT2D eigenvalue weighted by atomic mass is 16.4. The first-order chi connectivity index (χ1) is 5.93. The Hall–Kier alpha value is -1.57. The van der Waals surface area contributed by atoms with E-state index in [4.69, 9.17) is 4.42 Å². The summed E-state index contributed by atoms with van der Waals surface area (Å²) in [7, 11) is 1.56. The summed E-state index contributed by atoms with van der Waals surface area (Å²) in [5, 5.41) is 0. The summed E-state index contributed by atoms with van der Waals surface area (Å²) in [6, 6.07) is 3.73. The maximum absolute atomic E-state index is 5.07. The van der Waals surface area contributed by atoms with Gasteiger partial charge in [-0.2, -0.15) is 0 Å². The standard InChI is InChI=1S/C10H10O2/c1-11-8-4-2-3-6-10-7-5-9-12-10/h2-7,9H,1H3/b4-2+,6-3+. The van der Waals surface area contributed by atoms with Gasteiger partial charge in [-0.25, -0.2) is 6.08 Å². The van der Waals surface area contributed by atoms with Crippen molar-refractivity contribution in [2.24, 2.45) is 0 Å². The van der Waals surface area contributed by atoms with Crippen LogP contribution < -0.4 is 0 Å². The summed E-state index contributed by atoms with van der Waals surface area (Å²) in [5.74, 6) is 0.831.